The molecule has 0 saturated carbocycles. The number of amides is 1. The summed E-state index contributed by atoms with van der Waals surface area (Å²) in [6.07, 6.45) is 0. The Balaban J connectivity index is 1.60. The molecule has 1 amide bonds. The maximum Gasteiger partial charge on any atom is 0.230 e. The highest BCUT2D eigenvalue weighted by Gasteiger charge is 2.03. The fraction of sp³-hybridized carbons (Fsp3) is 0.350. The van der Waals surface area contributed by atoms with Gasteiger partial charge in [-0.2, -0.15) is 0 Å². The zero-order valence-electron chi connectivity index (χ0n) is 15.0. The van der Waals surface area contributed by atoms with Crippen molar-refractivity contribution >= 4 is 17.7 Å². The largest absolute Gasteiger partial charge is 0.497 e. The molecular formula is C20H25NO3S. The summed E-state index contributed by atoms with van der Waals surface area (Å²) >= 11 is 1.62. The van der Waals surface area contributed by atoms with Crippen molar-refractivity contribution in [2.75, 3.05) is 26.0 Å². The van der Waals surface area contributed by atoms with Gasteiger partial charge >= 0.3 is 0 Å². The predicted octanol–water partition coefficient (Wildman–Crippen LogP) is 3.74. The highest BCUT2D eigenvalue weighted by Crippen LogP contribution is 2.17. The fourth-order valence-electron chi connectivity index (χ4n) is 2.50. The van der Waals surface area contributed by atoms with Crippen molar-refractivity contribution in [1.82, 2.24) is 5.32 Å². The number of thioether (sulfide) groups is 1. The summed E-state index contributed by atoms with van der Waals surface area (Å²) in [7, 11) is 1.63. The quantitative estimate of drug-likeness (QED) is 0.693. The molecule has 2 rings (SSSR count). The van der Waals surface area contributed by atoms with E-state index in [1.165, 1.54) is 16.7 Å². The predicted molar refractivity (Wildman–Crippen MR) is 104 cm³/mol. The number of hydrogen-bond acceptors (Lipinski definition) is 4. The third-order valence-electron chi connectivity index (χ3n) is 3.54. The van der Waals surface area contributed by atoms with Crippen LogP contribution in [0.2, 0.25) is 0 Å². The Kier molecular flexibility index (Phi) is 7.67. The lowest BCUT2D eigenvalue weighted by Gasteiger charge is -2.09. The smallest absolute Gasteiger partial charge is 0.230 e. The van der Waals surface area contributed by atoms with Gasteiger partial charge in [0.05, 0.1) is 19.4 Å². The summed E-state index contributed by atoms with van der Waals surface area (Å²) in [5, 5.41) is 2.88. The van der Waals surface area contributed by atoms with Gasteiger partial charge in [-0.1, -0.05) is 29.3 Å². The van der Waals surface area contributed by atoms with Crippen LogP contribution >= 0.6 is 11.8 Å². The van der Waals surface area contributed by atoms with Crippen LogP contribution < -0.4 is 14.8 Å². The highest BCUT2D eigenvalue weighted by molar-refractivity contribution is 7.99. The van der Waals surface area contributed by atoms with Crippen molar-refractivity contribution < 1.29 is 14.3 Å². The molecule has 1 N–H and O–H groups in total. The van der Waals surface area contributed by atoms with Gasteiger partial charge in [-0.3, -0.25) is 4.79 Å². The Bertz CT molecular complexity index is 666. The molecule has 0 spiro atoms. The number of methoxy groups -OCH3 is 1. The molecule has 0 radical (unpaired) electrons. The van der Waals surface area contributed by atoms with Crippen LogP contribution in [0.3, 0.4) is 0 Å². The van der Waals surface area contributed by atoms with Crippen molar-refractivity contribution in [1.29, 1.82) is 0 Å². The van der Waals surface area contributed by atoms with E-state index in [1.54, 1.807) is 18.9 Å². The number of ether oxygens (including phenoxy) is 2. The van der Waals surface area contributed by atoms with Gasteiger partial charge in [0.2, 0.25) is 5.91 Å². The van der Waals surface area contributed by atoms with Crippen molar-refractivity contribution in [3.05, 3.63) is 59.2 Å². The number of aryl methyl sites for hydroxylation is 2. The molecule has 0 aliphatic heterocycles. The molecule has 134 valence electrons. The second-order valence-electron chi connectivity index (χ2n) is 5.86. The van der Waals surface area contributed by atoms with Crippen molar-refractivity contribution in [3.63, 3.8) is 0 Å². The first-order chi connectivity index (χ1) is 12.1. The van der Waals surface area contributed by atoms with Crippen LogP contribution in [0, 0.1) is 13.8 Å². The Labute approximate surface area is 153 Å². The summed E-state index contributed by atoms with van der Waals surface area (Å²) < 4.78 is 10.7. The van der Waals surface area contributed by atoms with Gasteiger partial charge in [-0.15, -0.1) is 11.8 Å². The SMILES string of the molecule is COc1ccc(OCCNC(=O)CSCc2cc(C)cc(C)c2)cc1. The number of rotatable bonds is 9. The van der Waals surface area contributed by atoms with Crippen LogP contribution in [0.1, 0.15) is 16.7 Å². The molecule has 0 bridgehead atoms. The minimum absolute atomic E-state index is 0.0349. The van der Waals surface area contributed by atoms with E-state index < -0.39 is 0 Å². The van der Waals surface area contributed by atoms with E-state index in [0.29, 0.717) is 18.9 Å². The number of carbonyl (C=O) groups excluding carboxylic acids is 1. The number of benzene rings is 2. The molecule has 0 fully saturated rings. The Morgan fingerprint density at radius 2 is 1.68 bits per heavy atom. The molecule has 25 heavy (non-hydrogen) atoms. The Morgan fingerprint density at radius 3 is 2.32 bits per heavy atom. The zero-order valence-corrected chi connectivity index (χ0v) is 15.8. The fourth-order valence-corrected chi connectivity index (χ4v) is 3.29. The standard InChI is InChI=1S/C20H25NO3S/c1-15-10-16(2)12-17(11-15)13-25-14-20(22)21-8-9-24-19-6-4-18(23-3)5-7-19/h4-7,10-12H,8-9,13-14H2,1-3H3,(H,21,22). The van der Waals surface area contributed by atoms with Crippen LogP contribution in [-0.4, -0.2) is 31.9 Å². The molecule has 0 aliphatic carbocycles. The van der Waals surface area contributed by atoms with Gasteiger partial charge in [-0.25, -0.2) is 0 Å². The minimum atomic E-state index is 0.0349. The first kappa shape index (κ1) is 19.2. The van der Waals surface area contributed by atoms with E-state index in [4.69, 9.17) is 9.47 Å². The summed E-state index contributed by atoms with van der Waals surface area (Å²) in [4.78, 5) is 11.9. The van der Waals surface area contributed by atoms with E-state index in [9.17, 15) is 4.79 Å². The molecular weight excluding hydrogens is 334 g/mol. The van der Waals surface area contributed by atoms with Gasteiger partial charge in [0.1, 0.15) is 18.1 Å². The topological polar surface area (TPSA) is 47.6 Å². The monoisotopic (exact) mass is 359 g/mol. The van der Waals surface area contributed by atoms with Crippen LogP contribution in [0.25, 0.3) is 0 Å². The number of carbonyl (C=O) groups is 1. The van der Waals surface area contributed by atoms with Crippen LogP contribution in [0.4, 0.5) is 0 Å². The maximum absolute atomic E-state index is 11.9. The van der Waals surface area contributed by atoms with E-state index in [2.05, 4.69) is 37.4 Å². The summed E-state index contributed by atoms with van der Waals surface area (Å²) in [5.74, 6) is 2.89. The lowest BCUT2D eigenvalue weighted by molar-refractivity contribution is -0.118. The summed E-state index contributed by atoms with van der Waals surface area (Å²) in [5.41, 5.74) is 3.78. The second-order valence-corrected chi connectivity index (χ2v) is 6.85. The van der Waals surface area contributed by atoms with E-state index in [1.807, 2.05) is 24.3 Å². The average Bonchev–Trinajstić information content (AvgIpc) is 2.58. The lowest BCUT2D eigenvalue weighted by atomic mass is 10.1. The van der Waals surface area contributed by atoms with Crippen LogP contribution in [0.5, 0.6) is 11.5 Å². The summed E-state index contributed by atoms with van der Waals surface area (Å²) in [6, 6.07) is 13.9. The van der Waals surface area contributed by atoms with Crippen LogP contribution in [-0.2, 0) is 10.5 Å². The second kappa shape index (κ2) is 9.99. The number of hydrogen-bond donors (Lipinski definition) is 1. The van der Waals surface area contributed by atoms with Crippen LogP contribution in [0.15, 0.2) is 42.5 Å². The molecule has 0 heterocycles. The van der Waals surface area contributed by atoms with E-state index in [-0.39, 0.29) is 5.91 Å². The molecule has 0 saturated heterocycles. The first-order valence-corrected chi connectivity index (χ1v) is 9.41. The molecule has 4 nitrogen and oxygen atoms in total. The zero-order chi connectivity index (χ0) is 18.1. The molecule has 0 aromatic heterocycles. The number of nitrogens with one attached hydrogen (secondary N) is 1. The van der Waals surface area contributed by atoms with Gasteiger partial charge in [0.15, 0.2) is 0 Å². The van der Waals surface area contributed by atoms with E-state index >= 15 is 0 Å². The normalized spacial score (nSPS) is 10.4. The Hall–Kier alpha value is -2.14. The molecule has 0 aliphatic rings. The maximum atomic E-state index is 11.9. The van der Waals surface area contributed by atoms with Gasteiger partial charge in [0, 0.05) is 5.75 Å². The van der Waals surface area contributed by atoms with E-state index in [0.717, 1.165) is 17.3 Å². The van der Waals surface area contributed by atoms with Crippen molar-refractivity contribution in [3.8, 4) is 11.5 Å². The Morgan fingerprint density at radius 1 is 1.04 bits per heavy atom. The summed E-state index contributed by atoms with van der Waals surface area (Å²) in [6.45, 7) is 5.13. The molecule has 0 unspecified atom stereocenters. The first-order valence-electron chi connectivity index (χ1n) is 8.25. The average molecular weight is 359 g/mol. The van der Waals surface area contributed by atoms with Gasteiger partial charge in [-0.05, 0) is 43.7 Å². The minimum Gasteiger partial charge on any atom is -0.497 e. The van der Waals surface area contributed by atoms with Crippen molar-refractivity contribution in [2.24, 2.45) is 0 Å². The molecule has 2 aromatic carbocycles. The highest BCUT2D eigenvalue weighted by atomic mass is 32.2. The molecule has 5 heteroatoms. The van der Waals surface area contributed by atoms with Crippen molar-refractivity contribution in [2.45, 2.75) is 19.6 Å². The molecule has 2 aromatic rings. The van der Waals surface area contributed by atoms with Gasteiger partial charge in [0.25, 0.3) is 0 Å². The third-order valence-corrected chi connectivity index (χ3v) is 4.54. The van der Waals surface area contributed by atoms with Gasteiger partial charge < -0.3 is 14.8 Å². The molecule has 0 atom stereocenters. The third kappa shape index (κ3) is 7.10. The lowest BCUT2D eigenvalue weighted by Crippen LogP contribution is -2.29.